The van der Waals surface area contributed by atoms with E-state index in [0.717, 1.165) is 11.1 Å². The number of hydrogen-bond acceptors (Lipinski definition) is 4. The van der Waals surface area contributed by atoms with Crippen LogP contribution in [-0.2, 0) is 19.3 Å². The molecule has 0 saturated heterocycles. The van der Waals surface area contributed by atoms with Crippen molar-refractivity contribution in [3.63, 3.8) is 0 Å². The molecule has 1 heterocycles. The predicted octanol–water partition coefficient (Wildman–Crippen LogP) is 5.28. The Morgan fingerprint density at radius 2 is 1.70 bits per heavy atom. The highest BCUT2D eigenvalue weighted by molar-refractivity contribution is 5.68. The number of nitro groups is 1. The van der Waals surface area contributed by atoms with E-state index >= 15 is 0 Å². The highest BCUT2D eigenvalue weighted by atomic mass is 16.6. The van der Waals surface area contributed by atoms with E-state index in [1.165, 1.54) is 7.11 Å². The second-order valence-electron chi connectivity index (χ2n) is 6.66. The van der Waals surface area contributed by atoms with Gasteiger partial charge < -0.3 is 9.47 Å². The van der Waals surface area contributed by atoms with E-state index in [4.69, 9.17) is 9.47 Å². The third kappa shape index (κ3) is 3.82. The van der Waals surface area contributed by atoms with Crippen LogP contribution in [0.1, 0.15) is 36.0 Å². The molecule has 1 aliphatic heterocycles. The van der Waals surface area contributed by atoms with Crippen LogP contribution < -0.4 is 9.47 Å². The van der Waals surface area contributed by atoms with Crippen LogP contribution in [0.25, 0.3) is 0 Å². The molecule has 0 amide bonds. The quantitative estimate of drug-likeness (QED) is 0.320. The molecule has 0 atom stereocenters. The van der Waals surface area contributed by atoms with Crippen LogP contribution in [-0.4, -0.2) is 17.6 Å². The fourth-order valence-corrected chi connectivity index (χ4v) is 3.85. The molecule has 0 bridgehead atoms. The third-order valence-electron chi connectivity index (χ3n) is 4.95. The van der Waals surface area contributed by atoms with Gasteiger partial charge in [0.15, 0.2) is 0 Å². The van der Waals surface area contributed by atoms with Gasteiger partial charge in [-0.15, -0.1) is 26.3 Å². The maximum Gasteiger partial charge on any atom is 0.318 e. The van der Waals surface area contributed by atoms with Crippen molar-refractivity contribution in [3.8, 4) is 11.5 Å². The second-order valence-corrected chi connectivity index (χ2v) is 6.66. The highest BCUT2D eigenvalue weighted by Crippen LogP contribution is 2.50. The molecule has 2 rings (SSSR count). The summed E-state index contributed by atoms with van der Waals surface area (Å²) in [5, 5.41) is 11.9. The molecule has 1 aromatic rings. The molecule has 1 aromatic carbocycles. The van der Waals surface area contributed by atoms with E-state index in [-0.39, 0.29) is 10.6 Å². The van der Waals surface area contributed by atoms with Gasteiger partial charge in [-0.2, -0.15) is 0 Å². The Kier molecular flexibility index (Phi) is 6.61. The number of methoxy groups -OCH3 is 1. The minimum absolute atomic E-state index is 0.0111. The van der Waals surface area contributed by atoms with Gasteiger partial charge in [0, 0.05) is 24.0 Å². The van der Waals surface area contributed by atoms with Crippen molar-refractivity contribution < 1.29 is 14.4 Å². The van der Waals surface area contributed by atoms with Crippen LogP contribution in [0.2, 0.25) is 0 Å². The molecular weight excluding hydrogens is 342 g/mol. The normalized spacial score (nSPS) is 14.4. The Hall–Kier alpha value is -2.82. The summed E-state index contributed by atoms with van der Waals surface area (Å²) < 4.78 is 12.0. The SMILES string of the molecule is C=CCc1c(CC=C)c(OC)c([N+](=O)[O-])c2c1OC(CC=C)(CC=C)CC2. The molecule has 27 heavy (non-hydrogen) atoms. The maximum absolute atomic E-state index is 11.9. The zero-order valence-electron chi connectivity index (χ0n) is 16.0. The summed E-state index contributed by atoms with van der Waals surface area (Å²) in [7, 11) is 1.46. The van der Waals surface area contributed by atoms with Crippen LogP contribution in [0.3, 0.4) is 0 Å². The highest BCUT2D eigenvalue weighted by Gasteiger charge is 2.41. The summed E-state index contributed by atoms with van der Waals surface area (Å²) in [5.74, 6) is 0.869. The summed E-state index contributed by atoms with van der Waals surface area (Å²) in [6, 6.07) is 0. The number of benzene rings is 1. The van der Waals surface area contributed by atoms with E-state index in [1.807, 2.05) is 12.2 Å². The van der Waals surface area contributed by atoms with Gasteiger partial charge in [0.2, 0.25) is 5.75 Å². The van der Waals surface area contributed by atoms with Crippen LogP contribution in [0.15, 0.2) is 50.6 Å². The zero-order valence-corrected chi connectivity index (χ0v) is 16.0. The van der Waals surface area contributed by atoms with E-state index in [0.29, 0.717) is 55.6 Å². The average Bonchev–Trinajstić information content (AvgIpc) is 2.63. The summed E-state index contributed by atoms with van der Waals surface area (Å²) >= 11 is 0. The first-order valence-electron chi connectivity index (χ1n) is 9.00. The van der Waals surface area contributed by atoms with E-state index < -0.39 is 5.60 Å². The summed E-state index contributed by atoms with van der Waals surface area (Å²) in [4.78, 5) is 11.5. The number of hydrogen-bond donors (Lipinski definition) is 0. The Bertz CT molecular complexity index is 769. The maximum atomic E-state index is 11.9. The van der Waals surface area contributed by atoms with Crippen molar-refractivity contribution in [1.29, 1.82) is 0 Å². The Labute approximate surface area is 160 Å². The Balaban J connectivity index is 2.82. The summed E-state index contributed by atoms with van der Waals surface area (Å²) in [6.07, 6.45) is 10.6. The van der Waals surface area contributed by atoms with Crippen LogP contribution in [0, 0.1) is 10.1 Å². The first kappa shape index (κ1) is 20.5. The van der Waals surface area contributed by atoms with E-state index in [9.17, 15) is 10.1 Å². The largest absolute Gasteiger partial charge is 0.490 e. The minimum Gasteiger partial charge on any atom is -0.490 e. The topological polar surface area (TPSA) is 61.6 Å². The lowest BCUT2D eigenvalue weighted by Crippen LogP contribution is -2.39. The van der Waals surface area contributed by atoms with Crippen molar-refractivity contribution in [2.45, 2.75) is 44.1 Å². The van der Waals surface area contributed by atoms with Gasteiger partial charge in [-0.3, -0.25) is 10.1 Å². The van der Waals surface area contributed by atoms with E-state index in [2.05, 4.69) is 26.3 Å². The molecule has 0 fully saturated rings. The Morgan fingerprint density at radius 3 is 2.19 bits per heavy atom. The van der Waals surface area contributed by atoms with Gasteiger partial charge >= 0.3 is 5.69 Å². The van der Waals surface area contributed by atoms with Crippen molar-refractivity contribution in [1.82, 2.24) is 0 Å². The molecule has 0 aliphatic carbocycles. The standard InChI is InChI=1S/C22H27NO4/c1-6-10-16-17(11-7-2)21(26-5)19(23(24)25)18-12-15-22(13-8-3,14-9-4)27-20(16)18/h6-9H,1-4,10-15H2,5H3. The number of allylic oxidation sites excluding steroid dienone is 2. The molecule has 5 heteroatoms. The van der Waals surface area contributed by atoms with Gasteiger partial charge in [-0.1, -0.05) is 24.3 Å². The first-order chi connectivity index (χ1) is 13.0. The smallest absolute Gasteiger partial charge is 0.318 e. The Morgan fingerprint density at radius 1 is 1.11 bits per heavy atom. The molecule has 1 aliphatic rings. The molecule has 144 valence electrons. The molecule has 0 radical (unpaired) electrons. The van der Waals surface area contributed by atoms with Crippen molar-refractivity contribution in [3.05, 3.63) is 77.4 Å². The van der Waals surface area contributed by atoms with Gasteiger partial charge in [-0.05, 0) is 25.7 Å². The van der Waals surface area contributed by atoms with Gasteiger partial charge in [0.1, 0.15) is 11.4 Å². The molecule has 0 aromatic heterocycles. The molecule has 0 spiro atoms. The average molecular weight is 369 g/mol. The number of fused-ring (bicyclic) bond motifs is 1. The lowest BCUT2D eigenvalue weighted by atomic mass is 9.82. The summed E-state index contributed by atoms with van der Waals surface area (Å²) in [5.41, 5.74) is 1.69. The van der Waals surface area contributed by atoms with Crippen LogP contribution >= 0.6 is 0 Å². The lowest BCUT2D eigenvalue weighted by Gasteiger charge is -2.39. The molecule has 0 saturated carbocycles. The van der Waals surface area contributed by atoms with Gasteiger partial charge in [0.25, 0.3) is 0 Å². The first-order valence-corrected chi connectivity index (χ1v) is 9.00. The summed E-state index contributed by atoms with van der Waals surface area (Å²) in [6.45, 7) is 15.3. The van der Waals surface area contributed by atoms with Crippen molar-refractivity contribution in [2.24, 2.45) is 0 Å². The van der Waals surface area contributed by atoms with Crippen LogP contribution in [0.4, 0.5) is 5.69 Å². The zero-order chi connectivity index (χ0) is 20.0. The fraction of sp³-hybridized carbons (Fsp3) is 0.364. The predicted molar refractivity (Wildman–Crippen MR) is 109 cm³/mol. The van der Waals surface area contributed by atoms with Gasteiger partial charge in [-0.25, -0.2) is 0 Å². The van der Waals surface area contributed by atoms with Crippen LogP contribution in [0.5, 0.6) is 11.5 Å². The van der Waals surface area contributed by atoms with Crippen molar-refractivity contribution >= 4 is 5.69 Å². The molecule has 0 N–H and O–H groups in total. The monoisotopic (exact) mass is 369 g/mol. The van der Waals surface area contributed by atoms with E-state index in [1.54, 1.807) is 12.2 Å². The van der Waals surface area contributed by atoms with Crippen molar-refractivity contribution in [2.75, 3.05) is 7.11 Å². The number of ether oxygens (including phenoxy) is 2. The molecular formula is C22H27NO4. The number of rotatable bonds is 10. The fourth-order valence-electron chi connectivity index (χ4n) is 3.85. The number of nitrogens with zero attached hydrogens (tertiary/aromatic N) is 1. The molecule has 5 nitrogen and oxygen atoms in total. The van der Waals surface area contributed by atoms with Gasteiger partial charge in [0.05, 0.1) is 17.6 Å². The third-order valence-corrected chi connectivity index (χ3v) is 4.95. The lowest BCUT2D eigenvalue weighted by molar-refractivity contribution is -0.386. The molecule has 0 unspecified atom stereocenters. The number of nitro benzene ring substituents is 1. The minimum atomic E-state index is -0.486. The second kappa shape index (κ2) is 8.71.